The monoisotopic (exact) mass is 429 g/mol. The maximum atomic E-state index is 12.9. The molecule has 166 valence electrons. The number of carbonyl (C=O) groups is 1. The molecule has 1 saturated heterocycles. The van der Waals surface area contributed by atoms with Crippen molar-refractivity contribution in [2.75, 3.05) is 25.5 Å². The van der Waals surface area contributed by atoms with Gasteiger partial charge in [-0.25, -0.2) is 0 Å². The van der Waals surface area contributed by atoms with Gasteiger partial charge in [0.15, 0.2) is 0 Å². The number of hydrogen-bond donors (Lipinski definition) is 1. The number of ether oxygens (including phenoxy) is 1. The topological polar surface area (TPSA) is 46.5 Å². The number of methoxy groups -OCH3 is 1. The fraction of sp³-hybridized carbons (Fsp3) is 0.370. The third-order valence-corrected chi connectivity index (χ3v) is 7.31. The highest BCUT2D eigenvalue weighted by Crippen LogP contribution is 2.44. The van der Waals surface area contributed by atoms with Crippen LogP contribution in [-0.4, -0.2) is 35.6 Å². The van der Waals surface area contributed by atoms with E-state index in [1.165, 1.54) is 33.8 Å². The lowest BCUT2D eigenvalue weighted by Gasteiger charge is -2.46. The van der Waals surface area contributed by atoms with Gasteiger partial charge in [-0.15, -0.1) is 0 Å². The zero-order valence-corrected chi connectivity index (χ0v) is 19.1. The lowest BCUT2D eigenvalue weighted by atomic mass is 9.81. The second-order valence-corrected chi connectivity index (χ2v) is 9.10. The first-order valence-electron chi connectivity index (χ1n) is 11.5. The molecule has 2 aliphatic rings. The molecule has 1 aromatic heterocycles. The first-order valence-corrected chi connectivity index (χ1v) is 11.5. The Bertz CT molecular complexity index is 1140. The van der Waals surface area contributed by atoms with Crippen molar-refractivity contribution in [2.45, 2.75) is 45.1 Å². The number of fused-ring (bicyclic) bond motifs is 4. The van der Waals surface area contributed by atoms with E-state index in [9.17, 15) is 4.79 Å². The summed E-state index contributed by atoms with van der Waals surface area (Å²) in [5.41, 5.74) is 7.42. The van der Waals surface area contributed by atoms with Crippen LogP contribution in [0.4, 0.5) is 5.69 Å². The molecule has 5 rings (SSSR count). The summed E-state index contributed by atoms with van der Waals surface area (Å²) >= 11 is 0. The van der Waals surface area contributed by atoms with Gasteiger partial charge >= 0.3 is 0 Å². The van der Waals surface area contributed by atoms with Gasteiger partial charge in [-0.2, -0.15) is 0 Å². The van der Waals surface area contributed by atoms with Crippen molar-refractivity contribution >= 4 is 11.6 Å². The molecule has 2 aliphatic heterocycles. The Morgan fingerprint density at radius 1 is 1.06 bits per heavy atom. The van der Waals surface area contributed by atoms with Crippen LogP contribution < -0.4 is 10.1 Å². The predicted molar refractivity (Wildman–Crippen MR) is 128 cm³/mol. The first-order chi connectivity index (χ1) is 15.5. The minimum absolute atomic E-state index is 0.120. The number of benzene rings is 2. The zero-order valence-electron chi connectivity index (χ0n) is 19.1. The molecule has 0 atom stereocenters. The Kier molecular flexibility index (Phi) is 5.20. The number of piperidine rings is 1. The van der Waals surface area contributed by atoms with E-state index >= 15 is 0 Å². The van der Waals surface area contributed by atoms with E-state index in [-0.39, 0.29) is 11.4 Å². The molecule has 5 nitrogen and oxygen atoms in total. The van der Waals surface area contributed by atoms with Crippen LogP contribution >= 0.6 is 0 Å². The van der Waals surface area contributed by atoms with Crippen LogP contribution in [0.25, 0.3) is 5.69 Å². The maximum absolute atomic E-state index is 12.9. The van der Waals surface area contributed by atoms with Crippen molar-refractivity contribution < 1.29 is 9.53 Å². The highest BCUT2D eigenvalue weighted by molar-refractivity contribution is 5.77. The van der Waals surface area contributed by atoms with Crippen LogP contribution in [0.1, 0.15) is 41.6 Å². The smallest absolute Gasteiger partial charge is 0.222 e. The summed E-state index contributed by atoms with van der Waals surface area (Å²) < 4.78 is 7.57. The van der Waals surface area contributed by atoms with Crippen molar-refractivity contribution in [3.8, 4) is 11.4 Å². The third kappa shape index (κ3) is 3.46. The Balaban J connectivity index is 1.28. The second-order valence-electron chi connectivity index (χ2n) is 9.10. The molecule has 0 aliphatic carbocycles. The van der Waals surface area contributed by atoms with Gasteiger partial charge in [0.1, 0.15) is 5.75 Å². The number of rotatable bonds is 4. The zero-order chi connectivity index (χ0) is 22.3. The van der Waals surface area contributed by atoms with Gasteiger partial charge in [0.2, 0.25) is 5.91 Å². The molecule has 32 heavy (non-hydrogen) atoms. The van der Waals surface area contributed by atoms with Gasteiger partial charge in [0.25, 0.3) is 0 Å². The van der Waals surface area contributed by atoms with Crippen LogP contribution in [0, 0.1) is 13.8 Å². The van der Waals surface area contributed by atoms with E-state index in [2.05, 4.69) is 54.2 Å². The van der Waals surface area contributed by atoms with Crippen molar-refractivity contribution in [1.82, 2.24) is 9.47 Å². The summed E-state index contributed by atoms with van der Waals surface area (Å²) in [6, 6.07) is 16.8. The van der Waals surface area contributed by atoms with Crippen molar-refractivity contribution in [1.29, 1.82) is 0 Å². The van der Waals surface area contributed by atoms with Gasteiger partial charge in [0, 0.05) is 31.4 Å². The number of aryl methyl sites for hydroxylation is 2. The standard InChI is InChI=1S/C27H31N3O2/c1-19-6-12-23-26(20(19)2)30-16-4-5-24(30)27(28-23)14-17-29(18-15-27)25(31)13-9-21-7-10-22(32-3)11-8-21/h4-8,10-12,16,28H,9,13-15,17-18H2,1-3H3. The fourth-order valence-electron chi connectivity index (χ4n) is 5.22. The quantitative estimate of drug-likeness (QED) is 0.636. The number of aromatic nitrogens is 1. The third-order valence-electron chi connectivity index (χ3n) is 7.31. The molecule has 1 spiro atoms. The minimum Gasteiger partial charge on any atom is -0.497 e. The molecule has 1 fully saturated rings. The van der Waals surface area contributed by atoms with Crippen LogP contribution in [0.2, 0.25) is 0 Å². The molecular weight excluding hydrogens is 398 g/mol. The first kappa shape index (κ1) is 20.7. The number of anilines is 1. The molecule has 0 saturated carbocycles. The number of carbonyl (C=O) groups excluding carboxylic acids is 1. The van der Waals surface area contributed by atoms with E-state index in [1.54, 1.807) is 7.11 Å². The Labute approximate surface area is 190 Å². The highest BCUT2D eigenvalue weighted by Gasteiger charge is 2.42. The summed E-state index contributed by atoms with van der Waals surface area (Å²) in [6.45, 7) is 5.92. The Morgan fingerprint density at radius 2 is 1.81 bits per heavy atom. The van der Waals surface area contributed by atoms with Gasteiger partial charge < -0.3 is 19.5 Å². The van der Waals surface area contributed by atoms with Gasteiger partial charge in [-0.1, -0.05) is 18.2 Å². The molecule has 3 aromatic rings. The van der Waals surface area contributed by atoms with Crippen LogP contribution in [0.15, 0.2) is 54.7 Å². The number of likely N-dealkylation sites (tertiary alicyclic amines) is 1. The van der Waals surface area contributed by atoms with Crippen molar-refractivity contribution in [3.05, 3.63) is 77.1 Å². The summed E-state index contributed by atoms with van der Waals surface area (Å²) in [6.07, 6.45) is 5.31. The summed E-state index contributed by atoms with van der Waals surface area (Å²) in [7, 11) is 1.67. The van der Waals surface area contributed by atoms with E-state index in [4.69, 9.17) is 4.74 Å². The normalized spacial score (nSPS) is 16.3. The molecule has 0 bridgehead atoms. The van der Waals surface area contributed by atoms with E-state index in [0.717, 1.165) is 38.1 Å². The molecule has 2 aromatic carbocycles. The molecule has 1 amide bonds. The highest BCUT2D eigenvalue weighted by atomic mass is 16.5. The maximum Gasteiger partial charge on any atom is 0.222 e. The number of hydrogen-bond acceptors (Lipinski definition) is 3. The van der Waals surface area contributed by atoms with Gasteiger partial charge in [-0.3, -0.25) is 4.79 Å². The van der Waals surface area contributed by atoms with Crippen LogP contribution in [-0.2, 0) is 16.8 Å². The fourth-order valence-corrected chi connectivity index (χ4v) is 5.22. The molecule has 5 heteroatoms. The number of nitrogens with zero attached hydrogens (tertiary/aromatic N) is 2. The number of amides is 1. The summed E-state index contributed by atoms with van der Waals surface area (Å²) in [5.74, 6) is 1.09. The second kappa shape index (κ2) is 8.05. The van der Waals surface area contributed by atoms with Crippen molar-refractivity contribution in [2.24, 2.45) is 0 Å². The van der Waals surface area contributed by atoms with E-state index in [1.807, 2.05) is 29.2 Å². The van der Waals surface area contributed by atoms with Crippen LogP contribution in [0.5, 0.6) is 5.75 Å². The SMILES string of the molecule is COc1ccc(CCC(=O)N2CCC3(CC2)Nc2ccc(C)c(C)c2-n2cccc23)cc1. The largest absolute Gasteiger partial charge is 0.497 e. The Morgan fingerprint density at radius 3 is 2.53 bits per heavy atom. The molecule has 0 unspecified atom stereocenters. The van der Waals surface area contributed by atoms with E-state index < -0.39 is 0 Å². The number of nitrogens with one attached hydrogen (secondary N) is 1. The van der Waals surface area contributed by atoms with Gasteiger partial charge in [0.05, 0.1) is 24.0 Å². The molecule has 0 radical (unpaired) electrons. The summed E-state index contributed by atoms with van der Waals surface area (Å²) in [5, 5.41) is 3.88. The average Bonchev–Trinajstić information content (AvgIpc) is 3.32. The minimum atomic E-state index is -0.120. The molecule has 1 N–H and O–H groups in total. The lowest BCUT2D eigenvalue weighted by molar-refractivity contribution is -0.132. The van der Waals surface area contributed by atoms with Gasteiger partial charge in [-0.05, 0) is 80.1 Å². The average molecular weight is 430 g/mol. The van der Waals surface area contributed by atoms with Crippen LogP contribution in [0.3, 0.4) is 0 Å². The Hall–Kier alpha value is -3.21. The summed E-state index contributed by atoms with van der Waals surface area (Å²) in [4.78, 5) is 15.0. The molecule has 3 heterocycles. The van der Waals surface area contributed by atoms with E-state index in [0.29, 0.717) is 6.42 Å². The lowest BCUT2D eigenvalue weighted by Crippen LogP contribution is -2.51. The molecular formula is C27H31N3O2. The van der Waals surface area contributed by atoms with Crippen molar-refractivity contribution in [3.63, 3.8) is 0 Å². The predicted octanol–water partition coefficient (Wildman–Crippen LogP) is 4.98.